The van der Waals surface area contributed by atoms with Gasteiger partial charge >= 0.3 is 0 Å². The van der Waals surface area contributed by atoms with E-state index in [4.69, 9.17) is 0 Å². The van der Waals surface area contributed by atoms with Gasteiger partial charge in [0.1, 0.15) is 5.82 Å². The zero-order valence-electron chi connectivity index (χ0n) is 12.7. The highest BCUT2D eigenvalue weighted by Crippen LogP contribution is 2.14. The van der Waals surface area contributed by atoms with Crippen molar-refractivity contribution in [3.05, 3.63) is 35.6 Å². The SMILES string of the molecule is CC(=O)N1CCC(NC(=O)CSCc2ccc(F)cc2)CC1. The van der Waals surface area contributed by atoms with Crippen LogP contribution in [0.1, 0.15) is 25.3 Å². The van der Waals surface area contributed by atoms with Gasteiger partial charge in [-0.25, -0.2) is 4.39 Å². The molecule has 2 rings (SSSR count). The van der Waals surface area contributed by atoms with Crippen LogP contribution >= 0.6 is 11.8 Å². The van der Waals surface area contributed by atoms with Gasteiger partial charge in [-0.2, -0.15) is 0 Å². The van der Waals surface area contributed by atoms with Crippen LogP contribution in [0.5, 0.6) is 0 Å². The lowest BCUT2D eigenvalue weighted by atomic mass is 10.1. The van der Waals surface area contributed by atoms with E-state index in [1.54, 1.807) is 19.1 Å². The molecule has 4 nitrogen and oxygen atoms in total. The minimum atomic E-state index is -0.247. The lowest BCUT2D eigenvalue weighted by Crippen LogP contribution is -2.46. The number of hydrogen-bond donors (Lipinski definition) is 1. The number of likely N-dealkylation sites (tertiary alicyclic amines) is 1. The van der Waals surface area contributed by atoms with Crippen LogP contribution in [-0.2, 0) is 15.3 Å². The molecule has 1 heterocycles. The lowest BCUT2D eigenvalue weighted by molar-refractivity contribution is -0.130. The third-order valence-corrected chi connectivity index (χ3v) is 4.72. The molecular weight excluding hydrogens is 303 g/mol. The number of amides is 2. The molecule has 0 atom stereocenters. The van der Waals surface area contributed by atoms with Crippen LogP contribution in [0.15, 0.2) is 24.3 Å². The van der Waals surface area contributed by atoms with Crippen LogP contribution in [0.3, 0.4) is 0 Å². The van der Waals surface area contributed by atoms with Gasteiger partial charge in [0.2, 0.25) is 11.8 Å². The number of nitrogens with one attached hydrogen (secondary N) is 1. The summed E-state index contributed by atoms with van der Waals surface area (Å²) >= 11 is 1.52. The summed E-state index contributed by atoms with van der Waals surface area (Å²) in [5, 5.41) is 3.02. The lowest BCUT2D eigenvalue weighted by Gasteiger charge is -2.31. The Morgan fingerprint density at radius 1 is 1.27 bits per heavy atom. The van der Waals surface area contributed by atoms with Crippen molar-refractivity contribution in [2.75, 3.05) is 18.8 Å². The van der Waals surface area contributed by atoms with E-state index >= 15 is 0 Å². The van der Waals surface area contributed by atoms with Crippen LogP contribution in [0.2, 0.25) is 0 Å². The fourth-order valence-electron chi connectivity index (χ4n) is 2.45. The number of benzene rings is 1. The Morgan fingerprint density at radius 3 is 2.50 bits per heavy atom. The second-order valence-electron chi connectivity index (χ2n) is 5.47. The largest absolute Gasteiger partial charge is 0.353 e. The maximum atomic E-state index is 12.8. The van der Waals surface area contributed by atoms with Gasteiger partial charge in [-0.15, -0.1) is 11.8 Å². The van der Waals surface area contributed by atoms with Crippen molar-refractivity contribution in [2.45, 2.75) is 31.6 Å². The Hall–Kier alpha value is -1.56. The number of piperidine rings is 1. The molecule has 1 aromatic rings. The number of hydrogen-bond acceptors (Lipinski definition) is 3. The van der Waals surface area contributed by atoms with Gasteiger partial charge < -0.3 is 10.2 Å². The number of halogens is 1. The molecule has 2 amide bonds. The van der Waals surface area contributed by atoms with Crippen LogP contribution < -0.4 is 5.32 Å². The molecule has 1 aromatic carbocycles. The van der Waals surface area contributed by atoms with Crippen molar-refractivity contribution in [3.63, 3.8) is 0 Å². The highest BCUT2D eigenvalue weighted by atomic mass is 32.2. The minimum absolute atomic E-state index is 0.0217. The quantitative estimate of drug-likeness (QED) is 0.903. The second kappa shape index (κ2) is 8.17. The predicted molar refractivity (Wildman–Crippen MR) is 86.0 cm³/mol. The van der Waals surface area contributed by atoms with E-state index in [0.717, 1.165) is 18.4 Å². The van der Waals surface area contributed by atoms with Gasteiger partial charge in [-0.1, -0.05) is 12.1 Å². The second-order valence-corrected chi connectivity index (χ2v) is 6.45. The summed E-state index contributed by atoms with van der Waals surface area (Å²) < 4.78 is 12.8. The van der Waals surface area contributed by atoms with E-state index in [1.807, 2.05) is 4.90 Å². The maximum Gasteiger partial charge on any atom is 0.230 e. The first-order valence-corrected chi connectivity index (χ1v) is 8.57. The number of thioether (sulfide) groups is 1. The van der Waals surface area contributed by atoms with E-state index in [1.165, 1.54) is 23.9 Å². The molecular formula is C16H21FN2O2S. The Balaban J connectivity index is 1.64. The molecule has 0 aromatic heterocycles. The summed E-state index contributed by atoms with van der Waals surface area (Å²) in [6.45, 7) is 3.00. The molecule has 22 heavy (non-hydrogen) atoms. The molecule has 1 aliphatic heterocycles. The molecule has 0 unspecified atom stereocenters. The van der Waals surface area contributed by atoms with Gasteiger partial charge in [-0.3, -0.25) is 9.59 Å². The van der Waals surface area contributed by atoms with Crippen LogP contribution in [-0.4, -0.2) is 41.6 Å². The molecule has 1 N–H and O–H groups in total. The molecule has 0 aliphatic carbocycles. The molecule has 1 fully saturated rings. The van der Waals surface area contributed by atoms with E-state index in [0.29, 0.717) is 24.6 Å². The number of nitrogens with zero attached hydrogens (tertiary/aromatic N) is 1. The van der Waals surface area contributed by atoms with E-state index in [2.05, 4.69) is 5.32 Å². The van der Waals surface area contributed by atoms with Crippen molar-refractivity contribution in [2.24, 2.45) is 0 Å². The first kappa shape index (κ1) is 16.8. The van der Waals surface area contributed by atoms with Crippen molar-refractivity contribution < 1.29 is 14.0 Å². The summed E-state index contributed by atoms with van der Waals surface area (Å²) in [7, 11) is 0. The van der Waals surface area contributed by atoms with Crippen LogP contribution in [0.25, 0.3) is 0 Å². The maximum absolute atomic E-state index is 12.8. The normalized spacial score (nSPS) is 15.6. The summed E-state index contributed by atoms with van der Waals surface area (Å²) in [6, 6.07) is 6.49. The first-order valence-electron chi connectivity index (χ1n) is 7.41. The van der Waals surface area contributed by atoms with Gasteiger partial charge in [0, 0.05) is 31.8 Å². The van der Waals surface area contributed by atoms with Gasteiger partial charge in [-0.05, 0) is 30.5 Å². The number of carbonyl (C=O) groups excluding carboxylic acids is 2. The van der Waals surface area contributed by atoms with E-state index < -0.39 is 0 Å². The average Bonchev–Trinajstić information content (AvgIpc) is 2.50. The third kappa shape index (κ3) is 5.33. The highest BCUT2D eigenvalue weighted by molar-refractivity contribution is 7.99. The Morgan fingerprint density at radius 2 is 1.91 bits per heavy atom. The standard InChI is InChI=1S/C16H21FN2O2S/c1-12(20)19-8-6-15(7-9-19)18-16(21)11-22-10-13-2-4-14(17)5-3-13/h2-5,15H,6-11H2,1H3,(H,18,21). The van der Waals surface area contributed by atoms with Crippen molar-refractivity contribution in [3.8, 4) is 0 Å². The average molecular weight is 324 g/mol. The Kier molecular flexibility index (Phi) is 6.24. The van der Waals surface area contributed by atoms with Gasteiger partial charge in [0.15, 0.2) is 0 Å². The fourth-order valence-corrected chi connectivity index (χ4v) is 3.25. The molecule has 1 aliphatic rings. The molecule has 0 bridgehead atoms. The fraction of sp³-hybridized carbons (Fsp3) is 0.500. The molecule has 0 spiro atoms. The zero-order chi connectivity index (χ0) is 15.9. The highest BCUT2D eigenvalue weighted by Gasteiger charge is 2.21. The topological polar surface area (TPSA) is 49.4 Å². The smallest absolute Gasteiger partial charge is 0.230 e. The minimum Gasteiger partial charge on any atom is -0.353 e. The predicted octanol–water partition coefficient (Wildman–Crippen LogP) is 2.19. The summed E-state index contributed by atoms with van der Waals surface area (Å²) in [4.78, 5) is 24.9. The van der Waals surface area contributed by atoms with Crippen LogP contribution in [0, 0.1) is 5.82 Å². The van der Waals surface area contributed by atoms with Gasteiger partial charge in [0.25, 0.3) is 0 Å². The summed E-state index contributed by atoms with van der Waals surface area (Å²) in [5.41, 5.74) is 1.01. The zero-order valence-corrected chi connectivity index (χ0v) is 13.5. The summed E-state index contributed by atoms with van der Waals surface area (Å²) in [6.07, 6.45) is 1.63. The van der Waals surface area contributed by atoms with Crippen molar-refractivity contribution >= 4 is 23.6 Å². The number of carbonyl (C=O) groups is 2. The first-order chi connectivity index (χ1) is 10.5. The van der Waals surface area contributed by atoms with E-state index in [9.17, 15) is 14.0 Å². The molecule has 0 radical (unpaired) electrons. The third-order valence-electron chi connectivity index (χ3n) is 3.72. The molecule has 0 saturated carbocycles. The van der Waals surface area contributed by atoms with Crippen LogP contribution in [0.4, 0.5) is 4.39 Å². The van der Waals surface area contributed by atoms with Crippen molar-refractivity contribution in [1.29, 1.82) is 0 Å². The van der Waals surface area contributed by atoms with Gasteiger partial charge in [0.05, 0.1) is 5.75 Å². The number of rotatable bonds is 5. The molecule has 1 saturated heterocycles. The molecule has 6 heteroatoms. The van der Waals surface area contributed by atoms with Crippen molar-refractivity contribution in [1.82, 2.24) is 10.2 Å². The molecule has 120 valence electrons. The Labute approximate surface area is 134 Å². The Bertz CT molecular complexity index is 513. The van der Waals surface area contributed by atoms with E-state index in [-0.39, 0.29) is 23.7 Å². The monoisotopic (exact) mass is 324 g/mol. The summed E-state index contributed by atoms with van der Waals surface area (Å²) in [5.74, 6) is 0.956.